The van der Waals surface area contributed by atoms with E-state index < -0.39 is 0 Å². The Morgan fingerprint density at radius 3 is 2.48 bits per heavy atom. The van der Waals surface area contributed by atoms with Crippen molar-refractivity contribution in [2.45, 2.75) is 37.0 Å². The number of aryl methyl sites for hydroxylation is 1. The molecule has 2 aliphatic rings. The summed E-state index contributed by atoms with van der Waals surface area (Å²) in [7, 11) is 0. The van der Waals surface area contributed by atoms with Crippen LogP contribution in [0, 0.1) is 12.8 Å². The van der Waals surface area contributed by atoms with Gasteiger partial charge in [-0.3, -0.25) is 0 Å². The summed E-state index contributed by atoms with van der Waals surface area (Å²) in [6.07, 6.45) is 4.20. The minimum Gasteiger partial charge on any atom is -0.457 e. The zero-order valence-corrected chi connectivity index (χ0v) is 13.2. The van der Waals surface area contributed by atoms with Gasteiger partial charge >= 0.3 is 0 Å². The molecule has 2 aromatic carbocycles. The Hall–Kier alpha value is -1.41. The van der Waals surface area contributed by atoms with Crippen molar-refractivity contribution in [3.63, 3.8) is 0 Å². The summed E-state index contributed by atoms with van der Waals surface area (Å²) in [6.45, 7) is 2.09. The Morgan fingerprint density at radius 1 is 0.952 bits per heavy atom. The SMILES string of the molecule is Cc1ccc(Oc2ccc3c(c2)SCCC3C2CC2)cc1. The van der Waals surface area contributed by atoms with E-state index in [2.05, 4.69) is 37.3 Å². The lowest BCUT2D eigenvalue weighted by Gasteiger charge is -2.25. The highest BCUT2D eigenvalue weighted by Gasteiger charge is 2.35. The van der Waals surface area contributed by atoms with E-state index in [0.717, 1.165) is 23.3 Å². The third kappa shape index (κ3) is 2.82. The normalized spacial score (nSPS) is 20.9. The molecular weight excluding hydrogens is 276 g/mol. The molecule has 0 spiro atoms. The monoisotopic (exact) mass is 296 g/mol. The Kier molecular flexibility index (Phi) is 3.42. The first-order valence-corrected chi connectivity index (χ1v) is 8.79. The number of thioether (sulfide) groups is 1. The second-order valence-electron chi connectivity index (χ2n) is 6.20. The summed E-state index contributed by atoms with van der Waals surface area (Å²) in [5, 5.41) is 0. The van der Waals surface area contributed by atoms with Crippen molar-refractivity contribution in [3.05, 3.63) is 53.6 Å². The van der Waals surface area contributed by atoms with Crippen LogP contribution in [0.3, 0.4) is 0 Å². The van der Waals surface area contributed by atoms with Crippen LogP contribution in [0.25, 0.3) is 0 Å². The fourth-order valence-electron chi connectivity index (χ4n) is 3.19. The molecule has 0 amide bonds. The van der Waals surface area contributed by atoms with Crippen LogP contribution >= 0.6 is 11.8 Å². The highest BCUT2D eigenvalue weighted by atomic mass is 32.2. The van der Waals surface area contributed by atoms with Crippen LogP contribution in [0.4, 0.5) is 0 Å². The summed E-state index contributed by atoms with van der Waals surface area (Å²) in [4.78, 5) is 1.43. The van der Waals surface area contributed by atoms with Crippen LogP contribution in [0.15, 0.2) is 47.4 Å². The van der Waals surface area contributed by atoms with Crippen molar-refractivity contribution in [1.82, 2.24) is 0 Å². The molecule has 1 saturated carbocycles. The van der Waals surface area contributed by atoms with E-state index in [4.69, 9.17) is 4.74 Å². The molecule has 1 fully saturated rings. The largest absolute Gasteiger partial charge is 0.457 e. The third-order valence-corrected chi connectivity index (χ3v) is 5.62. The van der Waals surface area contributed by atoms with Crippen LogP contribution in [-0.2, 0) is 0 Å². The van der Waals surface area contributed by atoms with E-state index in [-0.39, 0.29) is 0 Å². The third-order valence-electron chi connectivity index (χ3n) is 4.52. The zero-order valence-electron chi connectivity index (χ0n) is 12.3. The van der Waals surface area contributed by atoms with Crippen molar-refractivity contribution in [1.29, 1.82) is 0 Å². The van der Waals surface area contributed by atoms with Gasteiger partial charge in [-0.2, -0.15) is 0 Å². The molecule has 4 rings (SSSR count). The van der Waals surface area contributed by atoms with Crippen LogP contribution in [0.5, 0.6) is 11.5 Å². The van der Waals surface area contributed by atoms with Crippen molar-refractivity contribution < 1.29 is 4.74 Å². The summed E-state index contributed by atoms with van der Waals surface area (Å²) in [6, 6.07) is 14.9. The molecule has 2 aromatic rings. The highest BCUT2D eigenvalue weighted by Crippen LogP contribution is 2.50. The molecule has 1 aliphatic heterocycles. The van der Waals surface area contributed by atoms with E-state index in [9.17, 15) is 0 Å². The Bertz CT molecular complexity index is 643. The zero-order chi connectivity index (χ0) is 14.2. The van der Waals surface area contributed by atoms with E-state index in [1.165, 1.54) is 35.5 Å². The highest BCUT2D eigenvalue weighted by molar-refractivity contribution is 7.99. The van der Waals surface area contributed by atoms with Crippen LogP contribution in [0.2, 0.25) is 0 Å². The van der Waals surface area contributed by atoms with Gasteiger partial charge in [0.05, 0.1) is 0 Å². The number of hydrogen-bond donors (Lipinski definition) is 0. The van der Waals surface area contributed by atoms with Gasteiger partial charge in [0, 0.05) is 4.90 Å². The van der Waals surface area contributed by atoms with Crippen molar-refractivity contribution in [2.24, 2.45) is 5.92 Å². The second kappa shape index (κ2) is 5.42. The van der Waals surface area contributed by atoms with Gasteiger partial charge in [-0.25, -0.2) is 0 Å². The number of hydrogen-bond acceptors (Lipinski definition) is 2. The lowest BCUT2D eigenvalue weighted by Crippen LogP contribution is -2.09. The molecule has 0 aromatic heterocycles. The average Bonchev–Trinajstić information content (AvgIpc) is 3.33. The standard InChI is InChI=1S/C19H20OS/c1-13-2-6-15(7-3-13)20-16-8-9-18-17(14-4-5-14)10-11-21-19(18)12-16/h2-3,6-9,12,14,17H,4-5,10-11H2,1H3. The van der Waals surface area contributed by atoms with Gasteiger partial charge in [-0.1, -0.05) is 23.8 Å². The number of fused-ring (bicyclic) bond motifs is 1. The van der Waals surface area contributed by atoms with Gasteiger partial charge in [0.2, 0.25) is 0 Å². The lowest BCUT2D eigenvalue weighted by molar-refractivity contribution is 0.479. The molecule has 21 heavy (non-hydrogen) atoms. The molecule has 2 heteroatoms. The molecule has 1 atom stereocenters. The molecule has 0 N–H and O–H groups in total. The Morgan fingerprint density at radius 2 is 1.71 bits per heavy atom. The van der Waals surface area contributed by atoms with E-state index >= 15 is 0 Å². The van der Waals surface area contributed by atoms with Gasteiger partial charge in [0.1, 0.15) is 11.5 Å². The van der Waals surface area contributed by atoms with Gasteiger partial charge in [0.25, 0.3) is 0 Å². The lowest BCUT2D eigenvalue weighted by atomic mass is 9.91. The molecule has 0 saturated heterocycles. The number of ether oxygens (including phenoxy) is 1. The molecular formula is C19H20OS. The van der Waals surface area contributed by atoms with Gasteiger partial charge in [0.15, 0.2) is 0 Å². The first-order chi connectivity index (χ1) is 10.3. The van der Waals surface area contributed by atoms with Crippen LogP contribution in [-0.4, -0.2) is 5.75 Å². The number of rotatable bonds is 3. The molecule has 108 valence electrons. The molecule has 1 unspecified atom stereocenters. The average molecular weight is 296 g/mol. The molecule has 0 radical (unpaired) electrons. The fourth-order valence-corrected chi connectivity index (χ4v) is 4.37. The van der Waals surface area contributed by atoms with Gasteiger partial charge in [-0.15, -0.1) is 11.8 Å². The maximum atomic E-state index is 6.00. The second-order valence-corrected chi connectivity index (χ2v) is 7.33. The van der Waals surface area contributed by atoms with Gasteiger partial charge in [-0.05, 0) is 73.6 Å². The van der Waals surface area contributed by atoms with Gasteiger partial charge < -0.3 is 4.74 Å². The van der Waals surface area contributed by atoms with Crippen molar-refractivity contribution in [3.8, 4) is 11.5 Å². The molecule has 1 heterocycles. The summed E-state index contributed by atoms with van der Waals surface area (Å²) in [5.74, 6) is 4.88. The van der Waals surface area contributed by atoms with Crippen LogP contribution in [0.1, 0.15) is 36.3 Å². The fraction of sp³-hybridized carbons (Fsp3) is 0.368. The van der Waals surface area contributed by atoms with Crippen molar-refractivity contribution in [2.75, 3.05) is 5.75 Å². The minimum absolute atomic E-state index is 0.801. The van der Waals surface area contributed by atoms with E-state index in [0.29, 0.717) is 0 Å². The molecule has 0 bridgehead atoms. The first kappa shape index (κ1) is 13.3. The first-order valence-electron chi connectivity index (χ1n) is 7.81. The van der Waals surface area contributed by atoms with E-state index in [1.807, 2.05) is 23.9 Å². The smallest absolute Gasteiger partial charge is 0.128 e. The molecule has 1 nitrogen and oxygen atoms in total. The maximum absolute atomic E-state index is 6.00. The number of benzene rings is 2. The quantitative estimate of drug-likeness (QED) is 0.710. The summed E-state index contributed by atoms with van der Waals surface area (Å²) in [5.41, 5.74) is 2.82. The molecule has 1 aliphatic carbocycles. The van der Waals surface area contributed by atoms with E-state index in [1.54, 1.807) is 5.56 Å². The minimum atomic E-state index is 0.801. The topological polar surface area (TPSA) is 9.23 Å². The Labute approximate surface area is 130 Å². The summed E-state index contributed by atoms with van der Waals surface area (Å²) < 4.78 is 6.00. The predicted molar refractivity (Wildman–Crippen MR) is 88.5 cm³/mol. The van der Waals surface area contributed by atoms with Crippen LogP contribution < -0.4 is 4.74 Å². The van der Waals surface area contributed by atoms with Crippen molar-refractivity contribution >= 4 is 11.8 Å². The summed E-state index contributed by atoms with van der Waals surface area (Å²) >= 11 is 1.98. The Balaban J connectivity index is 1.58. The predicted octanol–water partition coefficient (Wildman–Crippen LogP) is 5.78. The maximum Gasteiger partial charge on any atom is 0.128 e.